The predicted octanol–water partition coefficient (Wildman–Crippen LogP) is 5.55. The number of hydrogen-bond donors (Lipinski definition) is 1. The Balaban J connectivity index is 1.64. The fraction of sp³-hybridized carbons (Fsp3) is 0.0800. The molecule has 0 radical (unpaired) electrons. The lowest BCUT2D eigenvalue weighted by Gasteiger charge is -2.11. The van der Waals surface area contributed by atoms with E-state index >= 15 is 0 Å². The molecule has 1 heterocycles. The molecule has 0 bridgehead atoms. The van der Waals surface area contributed by atoms with Crippen LogP contribution in [0, 0.1) is 6.57 Å². The van der Waals surface area contributed by atoms with Crippen molar-refractivity contribution in [1.29, 1.82) is 0 Å². The molecule has 1 aromatic heterocycles. The average molecular weight is 469 g/mol. The van der Waals surface area contributed by atoms with E-state index in [9.17, 15) is 4.79 Å². The predicted molar refractivity (Wildman–Crippen MR) is 127 cm³/mol. The largest absolute Gasteiger partial charge is 0.497 e. The first-order valence-electron chi connectivity index (χ1n) is 10.2. The van der Waals surface area contributed by atoms with Gasteiger partial charge in [-0.3, -0.25) is 0 Å². The summed E-state index contributed by atoms with van der Waals surface area (Å²) in [4.78, 5) is 28.1. The van der Waals surface area contributed by atoms with Gasteiger partial charge < -0.3 is 24.3 Å². The number of carbonyl (C=O) groups excluding carboxylic acids is 1. The Morgan fingerprint density at radius 1 is 0.829 bits per heavy atom. The van der Waals surface area contributed by atoms with Gasteiger partial charge in [0.1, 0.15) is 17.2 Å². The van der Waals surface area contributed by atoms with Crippen molar-refractivity contribution in [2.75, 3.05) is 19.5 Å². The summed E-state index contributed by atoms with van der Waals surface area (Å²) in [5, 5.41) is 3.02. The molecule has 10 nitrogen and oxygen atoms in total. The second-order valence-electron chi connectivity index (χ2n) is 6.91. The van der Waals surface area contributed by atoms with E-state index in [0.29, 0.717) is 34.2 Å². The minimum Gasteiger partial charge on any atom is -0.497 e. The van der Waals surface area contributed by atoms with E-state index in [-0.39, 0.29) is 18.0 Å². The first kappa shape index (κ1) is 23.0. The fourth-order valence-electron chi connectivity index (χ4n) is 2.90. The summed E-state index contributed by atoms with van der Waals surface area (Å²) in [6.07, 6.45) is 0. The minimum atomic E-state index is -0.472. The van der Waals surface area contributed by atoms with Gasteiger partial charge in [0.2, 0.25) is 5.95 Å². The molecule has 0 fully saturated rings. The van der Waals surface area contributed by atoms with Crippen molar-refractivity contribution >= 4 is 23.3 Å². The quantitative estimate of drug-likeness (QED) is 0.262. The van der Waals surface area contributed by atoms with Crippen LogP contribution >= 0.6 is 0 Å². The fourth-order valence-corrected chi connectivity index (χ4v) is 2.90. The van der Waals surface area contributed by atoms with Crippen molar-refractivity contribution in [1.82, 2.24) is 15.0 Å². The van der Waals surface area contributed by atoms with Crippen LogP contribution in [0.15, 0.2) is 72.8 Å². The molecule has 3 aromatic carbocycles. The summed E-state index contributed by atoms with van der Waals surface area (Å²) in [5.74, 6) is 1.23. The summed E-state index contributed by atoms with van der Waals surface area (Å²) >= 11 is 0. The molecular formula is C25H19N5O5. The zero-order chi connectivity index (χ0) is 24.6. The molecule has 0 saturated heterocycles. The van der Waals surface area contributed by atoms with Gasteiger partial charge in [-0.2, -0.15) is 9.97 Å². The number of nitrogens with zero attached hydrogens (tertiary/aromatic N) is 4. The molecule has 0 amide bonds. The first-order chi connectivity index (χ1) is 17.1. The SMILES string of the molecule is [C-]#[N+]c1ccc(Oc2nc(Nc3cccc(C(=O)OC)c3)nc(Oc3ccc(OC)cc3)n2)cc1. The number of nitrogens with one attached hydrogen (secondary N) is 1. The third kappa shape index (κ3) is 6.00. The van der Waals surface area contributed by atoms with Crippen molar-refractivity contribution < 1.29 is 23.7 Å². The third-order valence-electron chi connectivity index (χ3n) is 4.58. The van der Waals surface area contributed by atoms with Gasteiger partial charge in [-0.25, -0.2) is 9.64 Å². The lowest BCUT2D eigenvalue weighted by Crippen LogP contribution is -2.05. The van der Waals surface area contributed by atoms with E-state index in [1.54, 1.807) is 79.9 Å². The monoisotopic (exact) mass is 469 g/mol. The number of esters is 1. The van der Waals surface area contributed by atoms with Crippen LogP contribution in [0.2, 0.25) is 0 Å². The molecule has 4 rings (SSSR count). The van der Waals surface area contributed by atoms with Crippen molar-refractivity contribution in [3.63, 3.8) is 0 Å². The van der Waals surface area contributed by atoms with E-state index < -0.39 is 5.97 Å². The van der Waals surface area contributed by atoms with Crippen molar-refractivity contribution in [3.05, 3.63) is 89.8 Å². The Morgan fingerprint density at radius 2 is 1.43 bits per heavy atom. The maximum atomic E-state index is 11.9. The number of rotatable bonds is 8. The molecule has 174 valence electrons. The van der Waals surface area contributed by atoms with E-state index in [1.807, 2.05) is 0 Å². The molecule has 0 aliphatic rings. The highest BCUT2D eigenvalue weighted by molar-refractivity contribution is 5.90. The molecule has 0 spiro atoms. The number of hydrogen-bond acceptors (Lipinski definition) is 9. The molecule has 0 saturated carbocycles. The lowest BCUT2D eigenvalue weighted by molar-refractivity contribution is 0.0600. The summed E-state index contributed by atoms with van der Waals surface area (Å²) in [7, 11) is 2.88. The maximum absolute atomic E-state index is 11.9. The average Bonchev–Trinajstić information content (AvgIpc) is 2.89. The highest BCUT2D eigenvalue weighted by atomic mass is 16.5. The van der Waals surface area contributed by atoms with Crippen LogP contribution in [0.3, 0.4) is 0 Å². The summed E-state index contributed by atoms with van der Waals surface area (Å²) in [5.41, 5.74) is 1.38. The Kier molecular flexibility index (Phi) is 6.99. The molecule has 0 atom stereocenters. The zero-order valence-electron chi connectivity index (χ0n) is 18.8. The maximum Gasteiger partial charge on any atom is 0.337 e. The molecule has 1 N–H and O–H groups in total. The summed E-state index contributed by atoms with van der Waals surface area (Å²) < 4.78 is 21.5. The number of benzene rings is 3. The topological polar surface area (TPSA) is 109 Å². The van der Waals surface area contributed by atoms with Gasteiger partial charge in [-0.05, 0) is 54.6 Å². The second-order valence-corrected chi connectivity index (χ2v) is 6.91. The molecule has 0 unspecified atom stereocenters. The third-order valence-corrected chi connectivity index (χ3v) is 4.58. The van der Waals surface area contributed by atoms with Crippen molar-refractivity contribution in [3.8, 4) is 29.3 Å². The summed E-state index contributed by atoms with van der Waals surface area (Å²) in [6, 6.07) is 20.0. The number of methoxy groups -OCH3 is 2. The van der Waals surface area contributed by atoms with Gasteiger partial charge >= 0.3 is 18.0 Å². The molecule has 10 heteroatoms. The van der Waals surface area contributed by atoms with Crippen LogP contribution in [0.25, 0.3) is 4.85 Å². The van der Waals surface area contributed by atoms with E-state index in [1.165, 1.54) is 7.11 Å². The smallest absolute Gasteiger partial charge is 0.337 e. The van der Waals surface area contributed by atoms with E-state index in [4.69, 9.17) is 25.5 Å². The summed E-state index contributed by atoms with van der Waals surface area (Å²) in [6.45, 7) is 7.07. The number of aromatic nitrogens is 3. The van der Waals surface area contributed by atoms with Gasteiger partial charge in [0.25, 0.3) is 0 Å². The number of carbonyl (C=O) groups is 1. The van der Waals surface area contributed by atoms with Gasteiger partial charge in [0.05, 0.1) is 26.4 Å². The molecule has 0 aliphatic heterocycles. The van der Waals surface area contributed by atoms with Crippen LogP contribution < -0.4 is 19.5 Å². The van der Waals surface area contributed by atoms with Crippen molar-refractivity contribution in [2.45, 2.75) is 0 Å². The Morgan fingerprint density at radius 3 is 2.00 bits per heavy atom. The molecule has 0 aliphatic carbocycles. The van der Waals surface area contributed by atoms with Gasteiger partial charge in [-0.15, -0.1) is 4.98 Å². The Bertz CT molecular complexity index is 1370. The standard InChI is InChI=1S/C25H19N5O5/c1-26-17-7-9-20(10-8-17)34-24-28-23(27-18-6-4-5-16(15-18)22(31)33-3)29-25(30-24)35-21-13-11-19(32-2)12-14-21/h4-15H,2-3H3,(H,27,28,29,30). The minimum absolute atomic E-state index is 0.0235. The van der Waals surface area contributed by atoms with Crippen LogP contribution in [-0.2, 0) is 4.74 Å². The zero-order valence-corrected chi connectivity index (χ0v) is 18.8. The molecular weight excluding hydrogens is 450 g/mol. The van der Waals surface area contributed by atoms with Crippen LogP contribution in [-0.4, -0.2) is 35.1 Å². The normalized spacial score (nSPS) is 10.1. The molecule has 4 aromatic rings. The van der Waals surface area contributed by atoms with Gasteiger partial charge in [-0.1, -0.05) is 18.2 Å². The van der Waals surface area contributed by atoms with Crippen LogP contribution in [0.4, 0.5) is 17.3 Å². The Hall–Kier alpha value is -5.17. The Labute approximate surface area is 200 Å². The number of anilines is 2. The van der Waals surface area contributed by atoms with Crippen LogP contribution in [0.1, 0.15) is 10.4 Å². The highest BCUT2D eigenvalue weighted by Gasteiger charge is 2.13. The van der Waals surface area contributed by atoms with Gasteiger partial charge in [0.15, 0.2) is 5.69 Å². The second kappa shape index (κ2) is 10.6. The van der Waals surface area contributed by atoms with Crippen LogP contribution in [0.5, 0.6) is 29.3 Å². The first-order valence-corrected chi connectivity index (χ1v) is 10.2. The number of ether oxygens (including phenoxy) is 4. The van der Waals surface area contributed by atoms with Gasteiger partial charge in [0, 0.05) is 5.69 Å². The molecule has 35 heavy (non-hydrogen) atoms. The van der Waals surface area contributed by atoms with E-state index in [0.717, 1.165) is 0 Å². The van der Waals surface area contributed by atoms with E-state index in [2.05, 4.69) is 25.1 Å². The highest BCUT2D eigenvalue weighted by Crippen LogP contribution is 2.27. The lowest BCUT2D eigenvalue weighted by atomic mass is 10.2. The van der Waals surface area contributed by atoms with Crippen molar-refractivity contribution in [2.24, 2.45) is 0 Å².